The van der Waals surface area contributed by atoms with Crippen LogP contribution in [0.25, 0.3) is 0 Å². The molecular weight excluding hydrogens is 417 g/mol. The van der Waals surface area contributed by atoms with Crippen molar-refractivity contribution in [3.63, 3.8) is 0 Å². The van der Waals surface area contributed by atoms with Gasteiger partial charge in [0, 0.05) is 0 Å². The van der Waals surface area contributed by atoms with Gasteiger partial charge in [0.2, 0.25) is 0 Å². The summed E-state index contributed by atoms with van der Waals surface area (Å²) in [5.41, 5.74) is 0. The number of nitrogens with zero attached hydrogens (tertiary/aromatic N) is 1. The van der Waals surface area contributed by atoms with Crippen LogP contribution >= 0.6 is 20.5 Å². The van der Waals surface area contributed by atoms with Gasteiger partial charge in [-0.05, 0) is 0 Å². The maximum atomic E-state index is 5.57. The van der Waals surface area contributed by atoms with Crippen LogP contribution in [0.4, 0.5) is 0 Å². The van der Waals surface area contributed by atoms with Crippen LogP contribution in [0.15, 0.2) is 0 Å². The normalized spacial score (nSPS) is 11.5. The Hall–Kier alpha value is 1.16. The molecule has 15 heavy (non-hydrogen) atoms. The average Bonchev–Trinajstić information content (AvgIpc) is 2.28. The Morgan fingerprint density at radius 3 is 1.67 bits per heavy atom. The number of thiocarbonyl (C=S) groups is 1. The average molecular weight is 443 g/mol. The third-order valence-corrected chi connectivity index (χ3v) is 36.3. The second kappa shape index (κ2) is 8.28. The molecule has 0 radical (unpaired) electrons. The van der Waals surface area contributed by atoms with E-state index in [0.29, 0.717) is 0 Å². The predicted octanol–water partition coefficient (Wildman–Crippen LogP) is 4.35. The molecule has 0 spiro atoms. The zero-order chi connectivity index (χ0) is 11.9. The molecule has 0 aliphatic rings. The number of hydrogen-bond donors (Lipinski definition) is 0. The topological polar surface area (TPSA) is 3.24 Å². The first-order valence-corrected chi connectivity index (χ1v) is 20.3. The first kappa shape index (κ1) is 16.2. The summed E-state index contributed by atoms with van der Waals surface area (Å²) in [6, 6.07) is 0. The summed E-state index contributed by atoms with van der Waals surface area (Å²) in [5, 5.41) is 0. The molecule has 0 bridgehead atoms. The van der Waals surface area contributed by atoms with Crippen molar-refractivity contribution >= 4 is 44.5 Å². The standard InChI is InChI=1S/C5H11NS2.3C2H5.Pb/c1-3-6(4-2)5(7)8;3*1-2;/h3-4H2,1-2H3,(H,7,8);3*1H2,2H3;/q;;;;+1/p-1. The Bertz CT molecular complexity index is 181. The van der Waals surface area contributed by atoms with Gasteiger partial charge in [-0.25, -0.2) is 0 Å². The minimum absolute atomic E-state index is 1.06. The summed E-state index contributed by atoms with van der Waals surface area (Å²) in [7, 11) is 2.13. The van der Waals surface area contributed by atoms with Gasteiger partial charge in [-0.3, -0.25) is 0 Å². The summed E-state index contributed by atoms with van der Waals surface area (Å²) < 4.78 is 5.44. The molecule has 0 N–H and O–H groups in total. The van der Waals surface area contributed by atoms with Gasteiger partial charge in [0.25, 0.3) is 0 Å². The number of hydrogen-bond acceptors (Lipinski definition) is 2. The maximum absolute atomic E-state index is 5.57. The molecule has 0 aliphatic heterocycles. The van der Waals surface area contributed by atoms with Crippen LogP contribution in [0.2, 0.25) is 11.9 Å². The summed E-state index contributed by atoms with van der Waals surface area (Å²) in [5.74, 6) is 0. The van der Waals surface area contributed by atoms with Crippen molar-refractivity contribution in [1.29, 1.82) is 0 Å². The van der Waals surface area contributed by atoms with Crippen molar-refractivity contribution in [2.75, 3.05) is 13.1 Å². The second-order valence-corrected chi connectivity index (χ2v) is 32.4. The molecule has 0 atom stereocenters. The zero-order valence-electron chi connectivity index (χ0n) is 10.8. The molecule has 0 aliphatic carbocycles. The van der Waals surface area contributed by atoms with E-state index < -0.39 is 19.7 Å². The molecule has 0 aromatic heterocycles. The molecule has 90 valence electrons. The van der Waals surface area contributed by atoms with Crippen molar-refractivity contribution < 1.29 is 0 Å². The van der Waals surface area contributed by atoms with Crippen molar-refractivity contribution in [3.05, 3.63) is 0 Å². The monoisotopic (exact) mass is 443 g/mol. The predicted molar refractivity (Wildman–Crippen MR) is 80.3 cm³/mol. The summed E-state index contributed by atoms with van der Waals surface area (Å²) in [4.78, 5) is 2.33. The van der Waals surface area contributed by atoms with Crippen LogP contribution in [0, 0.1) is 0 Å². The van der Waals surface area contributed by atoms with Gasteiger partial charge in [0.1, 0.15) is 0 Å². The van der Waals surface area contributed by atoms with Crippen LogP contribution in [0.5, 0.6) is 0 Å². The van der Waals surface area contributed by atoms with Gasteiger partial charge in [-0.15, -0.1) is 0 Å². The second-order valence-electron chi connectivity index (χ2n) is 3.78. The molecule has 4 heteroatoms. The van der Waals surface area contributed by atoms with Crippen LogP contribution in [0.3, 0.4) is 0 Å². The zero-order valence-corrected chi connectivity index (χ0v) is 16.3. The van der Waals surface area contributed by atoms with Gasteiger partial charge in [0.05, 0.1) is 0 Å². The van der Waals surface area contributed by atoms with Crippen molar-refractivity contribution in [2.24, 2.45) is 0 Å². The Balaban J connectivity index is 4.46. The van der Waals surface area contributed by atoms with Gasteiger partial charge in [0.15, 0.2) is 0 Å². The molecule has 0 unspecified atom stereocenters. The fourth-order valence-corrected chi connectivity index (χ4v) is 24.5. The Labute approximate surface area is 108 Å². The fraction of sp³-hybridized carbons (Fsp3) is 0.909. The molecule has 0 amide bonds. The van der Waals surface area contributed by atoms with Crippen molar-refractivity contribution in [3.8, 4) is 0 Å². The SMILES string of the molecule is CCN(CC)C(=S)[S][Pb]([CH2]C)([CH2]C)[CH2]C. The number of rotatable bonds is 6. The quantitative estimate of drug-likeness (QED) is 0.445. The third kappa shape index (κ3) is 4.90. The van der Waals surface area contributed by atoms with Gasteiger partial charge in [-0.2, -0.15) is 0 Å². The molecule has 0 saturated carbocycles. The molecule has 0 saturated heterocycles. The van der Waals surface area contributed by atoms with E-state index in [1.54, 1.807) is 0 Å². The van der Waals surface area contributed by atoms with E-state index in [0.717, 1.165) is 13.1 Å². The third-order valence-electron chi connectivity index (χ3n) is 3.26. The molecule has 0 fully saturated rings. The van der Waals surface area contributed by atoms with Crippen molar-refractivity contribution in [1.82, 2.24) is 4.90 Å². The van der Waals surface area contributed by atoms with E-state index in [4.69, 9.17) is 12.2 Å². The Kier molecular flexibility index (Phi) is 8.92. The van der Waals surface area contributed by atoms with E-state index in [-0.39, 0.29) is 0 Å². The molecule has 0 rings (SSSR count). The first-order chi connectivity index (χ1) is 7.09. The van der Waals surface area contributed by atoms with Crippen LogP contribution in [-0.4, -0.2) is 42.0 Å². The van der Waals surface area contributed by atoms with Gasteiger partial charge >= 0.3 is 109 Å². The van der Waals surface area contributed by atoms with E-state index in [9.17, 15) is 0 Å². The van der Waals surface area contributed by atoms with Gasteiger partial charge < -0.3 is 0 Å². The molecule has 0 aromatic rings. The van der Waals surface area contributed by atoms with E-state index in [1.165, 1.54) is 16.3 Å². The van der Waals surface area contributed by atoms with E-state index in [1.807, 2.05) is 0 Å². The van der Waals surface area contributed by atoms with Gasteiger partial charge in [-0.1, -0.05) is 0 Å². The first-order valence-electron chi connectivity index (χ1n) is 6.06. The molecular formula is C11H25NPbS2. The Morgan fingerprint density at radius 1 is 1.00 bits per heavy atom. The van der Waals surface area contributed by atoms with Crippen LogP contribution < -0.4 is 0 Å². The Morgan fingerprint density at radius 2 is 1.40 bits per heavy atom. The van der Waals surface area contributed by atoms with Crippen LogP contribution in [-0.2, 0) is 0 Å². The summed E-state index contributed by atoms with van der Waals surface area (Å²) >= 11 is 3.52. The summed E-state index contributed by atoms with van der Waals surface area (Å²) in [6.45, 7) is 13.6. The fourth-order valence-electron chi connectivity index (χ4n) is 1.70. The van der Waals surface area contributed by atoms with E-state index >= 15 is 0 Å². The van der Waals surface area contributed by atoms with E-state index in [2.05, 4.69) is 47.8 Å². The molecule has 1 nitrogen and oxygen atoms in total. The molecule has 0 aromatic carbocycles. The minimum atomic E-state index is -2.04. The van der Waals surface area contributed by atoms with Crippen LogP contribution in [0.1, 0.15) is 34.6 Å². The molecule has 0 heterocycles. The van der Waals surface area contributed by atoms with Crippen molar-refractivity contribution in [2.45, 2.75) is 46.6 Å². The summed E-state index contributed by atoms with van der Waals surface area (Å²) in [6.07, 6.45) is 0.